The summed E-state index contributed by atoms with van der Waals surface area (Å²) in [5.41, 5.74) is 0. The fourth-order valence-corrected chi connectivity index (χ4v) is 2.49. The predicted octanol–water partition coefficient (Wildman–Crippen LogP) is 1.90. The van der Waals surface area contributed by atoms with Crippen LogP contribution in [0.2, 0.25) is 0 Å². The Hall–Kier alpha value is -0.510. The lowest BCUT2D eigenvalue weighted by Crippen LogP contribution is -2.27. The van der Waals surface area contributed by atoms with Crippen LogP contribution in [0.15, 0.2) is 0 Å². The number of ether oxygens (including phenoxy) is 1. The molecule has 0 N–H and O–H groups in total. The van der Waals surface area contributed by atoms with Crippen molar-refractivity contribution in [3.63, 3.8) is 0 Å². The largest absolute Gasteiger partial charge is 0.466 e. The van der Waals surface area contributed by atoms with Gasteiger partial charge in [0.2, 0.25) is 5.04 Å². The molecule has 1 heterocycles. The van der Waals surface area contributed by atoms with Crippen molar-refractivity contribution in [2.24, 2.45) is 0 Å². The SMILES string of the molecule is CCOC(=O)CC(SC)=[N+]1CCCCC1. The number of carbonyl (C=O) groups excluding carboxylic acids is 1. The summed E-state index contributed by atoms with van der Waals surface area (Å²) < 4.78 is 7.29. The Bertz CT molecular complexity index is 243. The summed E-state index contributed by atoms with van der Waals surface area (Å²) in [6.45, 7) is 4.50. The van der Waals surface area contributed by atoms with Crippen LogP contribution in [0.5, 0.6) is 0 Å². The Morgan fingerprint density at radius 2 is 2.00 bits per heavy atom. The number of esters is 1. The Kier molecular flexibility index (Phi) is 5.76. The fraction of sp³-hybridized carbons (Fsp3) is 0.818. The second-order valence-electron chi connectivity index (χ2n) is 3.63. The molecule has 86 valence electrons. The number of hydrogen-bond donors (Lipinski definition) is 0. The fourth-order valence-electron chi connectivity index (χ4n) is 1.79. The molecule has 1 aliphatic rings. The number of thioether (sulfide) groups is 1. The third-order valence-corrected chi connectivity index (χ3v) is 3.42. The van der Waals surface area contributed by atoms with Crippen molar-refractivity contribution < 1.29 is 14.1 Å². The normalized spacial score (nSPS) is 16.3. The minimum absolute atomic E-state index is 0.104. The van der Waals surface area contributed by atoms with Crippen LogP contribution in [0.3, 0.4) is 0 Å². The van der Waals surface area contributed by atoms with Gasteiger partial charge in [-0.3, -0.25) is 4.79 Å². The highest BCUT2D eigenvalue weighted by Gasteiger charge is 2.20. The molecular weight excluding hydrogens is 210 g/mol. The molecule has 0 aromatic heterocycles. The average Bonchev–Trinajstić information content (AvgIpc) is 2.27. The number of hydrogen-bond acceptors (Lipinski definition) is 3. The molecule has 0 saturated carbocycles. The van der Waals surface area contributed by atoms with Crippen LogP contribution < -0.4 is 0 Å². The minimum Gasteiger partial charge on any atom is -0.466 e. The smallest absolute Gasteiger partial charge is 0.317 e. The van der Waals surface area contributed by atoms with Crippen LogP contribution in [-0.4, -0.2) is 41.5 Å². The monoisotopic (exact) mass is 230 g/mol. The van der Waals surface area contributed by atoms with E-state index in [0.717, 1.165) is 18.1 Å². The van der Waals surface area contributed by atoms with E-state index >= 15 is 0 Å². The first kappa shape index (κ1) is 12.6. The van der Waals surface area contributed by atoms with Gasteiger partial charge in [-0.05, 0) is 19.6 Å². The number of nitrogens with zero attached hydrogens (tertiary/aromatic N) is 1. The minimum atomic E-state index is -0.104. The average molecular weight is 230 g/mol. The zero-order valence-corrected chi connectivity index (χ0v) is 10.4. The third-order valence-electron chi connectivity index (χ3n) is 2.55. The zero-order chi connectivity index (χ0) is 11.1. The molecule has 4 heteroatoms. The molecule has 0 aromatic carbocycles. The first-order valence-corrected chi connectivity index (χ1v) is 6.80. The third kappa shape index (κ3) is 4.24. The number of rotatable bonds is 3. The Morgan fingerprint density at radius 1 is 1.33 bits per heavy atom. The molecule has 0 atom stereocenters. The first-order chi connectivity index (χ1) is 7.27. The van der Waals surface area contributed by atoms with E-state index in [1.54, 1.807) is 11.8 Å². The summed E-state index contributed by atoms with van der Waals surface area (Å²) in [6, 6.07) is 0. The van der Waals surface area contributed by atoms with Gasteiger partial charge in [-0.1, -0.05) is 11.8 Å². The van der Waals surface area contributed by atoms with Crippen LogP contribution in [0, 0.1) is 0 Å². The van der Waals surface area contributed by atoms with Gasteiger partial charge in [-0.25, -0.2) is 4.58 Å². The van der Waals surface area contributed by atoms with Crippen LogP contribution in [0.25, 0.3) is 0 Å². The standard InChI is InChI=1S/C11H20NO2S/c1-3-14-11(13)9-10(15-2)12-7-5-4-6-8-12/h3-9H2,1-2H3/q+1. The summed E-state index contributed by atoms with van der Waals surface area (Å²) in [4.78, 5) is 11.4. The van der Waals surface area contributed by atoms with E-state index in [4.69, 9.17) is 4.74 Å². The van der Waals surface area contributed by atoms with E-state index in [1.807, 2.05) is 13.2 Å². The molecule has 0 amide bonds. The van der Waals surface area contributed by atoms with Crippen molar-refractivity contribution in [1.29, 1.82) is 0 Å². The molecular formula is C11H20NO2S+. The molecule has 1 aliphatic heterocycles. The van der Waals surface area contributed by atoms with Crippen molar-refractivity contribution in [2.75, 3.05) is 26.0 Å². The molecule has 0 unspecified atom stereocenters. The van der Waals surface area contributed by atoms with Crippen molar-refractivity contribution >= 4 is 22.8 Å². The summed E-state index contributed by atoms with van der Waals surface area (Å²) in [7, 11) is 0. The van der Waals surface area contributed by atoms with E-state index in [-0.39, 0.29) is 5.97 Å². The molecule has 0 spiro atoms. The second kappa shape index (κ2) is 6.88. The van der Waals surface area contributed by atoms with Gasteiger partial charge in [-0.2, -0.15) is 0 Å². The van der Waals surface area contributed by atoms with E-state index < -0.39 is 0 Å². The highest BCUT2D eigenvalue weighted by Crippen LogP contribution is 2.11. The quantitative estimate of drug-likeness (QED) is 0.421. The molecule has 0 aliphatic carbocycles. The topological polar surface area (TPSA) is 29.3 Å². The predicted molar refractivity (Wildman–Crippen MR) is 63.6 cm³/mol. The van der Waals surface area contributed by atoms with Gasteiger partial charge in [-0.15, -0.1) is 0 Å². The van der Waals surface area contributed by atoms with E-state index in [1.165, 1.54) is 19.3 Å². The molecule has 15 heavy (non-hydrogen) atoms. The molecule has 1 fully saturated rings. The maximum atomic E-state index is 11.4. The lowest BCUT2D eigenvalue weighted by molar-refractivity contribution is -0.535. The second-order valence-corrected chi connectivity index (χ2v) is 4.51. The van der Waals surface area contributed by atoms with Gasteiger partial charge in [0.15, 0.2) is 0 Å². The number of piperidine rings is 1. The van der Waals surface area contributed by atoms with Crippen LogP contribution in [-0.2, 0) is 9.53 Å². The summed E-state index contributed by atoms with van der Waals surface area (Å²) in [6.07, 6.45) is 6.27. The van der Waals surface area contributed by atoms with E-state index in [0.29, 0.717) is 13.0 Å². The van der Waals surface area contributed by atoms with Gasteiger partial charge < -0.3 is 4.74 Å². The van der Waals surface area contributed by atoms with Gasteiger partial charge in [0.25, 0.3) is 0 Å². The van der Waals surface area contributed by atoms with Gasteiger partial charge in [0.05, 0.1) is 6.61 Å². The molecule has 0 aromatic rings. The van der Waals surface area contributed by atoms with Crippen LogP contribution in [0.4, 0.5) is 0 Å². The maximum Gasteiger partial charge on any atom is 0.317 e. The van der Waals surface area contributed by atoms with Crippen molar-refractivity contribution in [3.8, 4) is 0 Å². The maximum absolute atomic E-state index is 11.4. The lowest BCUT2D eigenvalue weighted by Gasteiger charge is -2.12. The van der Waals surface area contributed by atoms with Crippen LogP contribution >= 0.6 is 11.8 Å². The van der Waals surface area contributed by atoms with Gasteiger partial charge in [0.1, 0.15) is 19.5 Å². The molecule has 1 saturated heterocycles. The summed E-state index contributed by atoms with van der Waals surface area (Å²) >= 11 is 1.67. The van der Waals surface area contributed by atoms with E-state index in [9.17, 15) is 4.79 Å². The molecule has 1 rings (SSSR count). The Morgan fingerprint density at radius 3 is 2.53 bits per heavy atom. The molecule has 3 nitrogen and oxygen atoms in total. The molecule has 0 bridgehead atoms. The Balaban J connectivity index is 2.56. The highest BCUT2D eigenvalue weighted by atomic mass is 32.2. The van der Waals surface area contributed by atoms with Crippen LogP contribution in [0.1, 0.15) is 32.6 Å². The first-order valence-electron chi connectivity index (χ1n) is 5.58. The molecule has 0 radical (unpaired) electrons. The number of carbonyl (C=O) groups is 1. The van der Waals surface area contributed by atoms with Crippen molar-refractivity contribution in [2.45, 2.75) is 32.6 Å². The highest BCUT2D eigenvalue weighted by molar-refractivity contribution is 8.13. The zero-order valence-electron chi connectivity index (χ0n) is 9.62. The van der Waals surface area contributed by atoms with Crippen molar-refractivity contribution in [3.05, 3.63) is 0 Å². The van der Waals surface area contributed by atoms with Gasteiger partial charge in [0, 0.05) is 12.8 Å². The summed E-state index contributed by atoms with van der Waals surface area (Å²) in [5, 5.41) is 1.16. The van der Waals surface area contributed by atoms with Crippen molar-refractivity contribution in [1.82, 2.24) is 0 Å². The van der Waals surface area contributed by atoms with E-state index in [2.05, 4.69) is 4.58 Å². The summed E-state index contributed by atoms with van der Waals surface area (Å²) in [5.74, 6) is -0.104. The van der Waals surface area contributed by atoms with Gasteiger partial charge >= 0.3 is 5.97 Å². The Labute approximate surface area is 95.9 Å². The lowest BCUT2D eigenvalue weighted by atomic mass is 10.1.